The molecule has 0 fully saturated rings. The summed E-state index contributed by atoms with van der Waals surface area (Å²) in [6.07, 6.45) is 0. The Morgan fingerprint density at radius 3 is 2.53 bits per heavy atom. The quantitative estimate of drug-likeness (QED) is 0.709. The number of aryl methyl sites for hydroxylation is 2. The van der Waals surface area contributed by atoms with Gasteiger partial charge in [-0.25, -0.2) is 0 Å². The van der Waals surface area contributed by atoms with Gasteiger partial charge in [0, 0.05) is 0 Å². The molecule has 0 saturated carbocycles. The largest absolute Gasteiger partial charge is 0.495 e. The highest BCUT2D eigenvalue weighted by molar-refractivity contribution is 5.53. The van der Waals surface area contributed by atoms with E-state index in [1.54, 1.807) is 7.11 Å². The molecule has 15 heavy (non-hydrogen) atoms. The van der Waals surface area contributed by atoms with E-state index in [0.717, 1.165) is 16.9 Å². The Labute approximate surface area is 91.4 Å². The Morgan fingerprint density at radius 2 is 2.00 bits per heavy atom. The molecule has 0 radical (unpaired) electrons. The van der Waals surface area contributed by atoms with Crippen molar-refractivity contribution >= 4 is 0 Å². The van der Waals surface area contributed by atoms with Crippen LogP contribution in [0.3, 0.4) is 0 Å². The first-order chi connectivity index (χ1) is 7.04. The molecule has 80 valence electrons. The smallest absolute Gasteiger partial charge is 0.135 e. The van der Waals surface area contributed by atoms with Gasteiger partial charge in [0.15, 0.2) is 0 Å². The van der Waals surface area contributed by atoms with Crippen molar-refractivity contribution in [1.29, 1.82) is 0 Å². The molecule has 0 amide bonds. The normalized spacial score (nSPS) is 11.5. The summed E-state index contributed by atoms with van der Waals surface area (Å²) in [6.45, 7) is 5.93. The van der Waals surface area contributed by atoms with Crippen molar-refractivity contribution in [3.8, 4) is 17.6 Å². The van der Waals surface area contributed by atoms with E-state index in [1.807, 2.05) is 26.8 Å². The molecule has 0 aliphatic heterocycles. The molecule has 1 aromatic rings. The molecule has 1 rings (SSSR count). The van der Waals surface area contributed by atoms with Crippen molar-refractivity contribution in [3.63, 3.8) is 0 Å². The van der Waals surface area contributed by atoms with E-state index in [1.165, 1.54) is 5.56 Å². The van der Waals surface area contributed by atoms with Gasteiger partial charge in [-0.15, -0.1) is 0 Å². The van der Waals surface area contributed by atoms with Crippen molar-refractivity contribution < 1.29 is 4.74 Å². The highest BCUT2D eigenvalue weighted by atomic mass is 16.5. The second-order valence-electron chi connectivity index (χ2n) is 3.72. The standard InChI is InChI=1S/C13H17NO/c1-9-7-10(2)12(6-5-11(3)14)13(8-9)15-4/h7-8,11H,14H2,1-4H3. The highest BCUT2D eigenvalue weighted by Crippen LogP contribution is 2.22. The molecule has 0 saturated heterocycles. The Kier molecular flexibility index (Phi) is 3.76. The van der Waals surface area contributed by atoms with E-state index in [4.69, 9.17) is 10.5 Å². The number of methoxy groups -OCH3 is 1. The summed E-state index contributed by atoms with van der Waals surface area (Å²) < 4.78 is 5.30. The fourth-order valence-corrected chi connectivity index (χ4v) is 1.44. The molecule has 0 heterocycles. The van der Waals surface area contributed by atoms with Crippen LogP contribution in [0, 0.1) is 25.7 Å². The maximum absolute atomic E-state index is 5.60. The number of hydrogen-bond acceptors (Lipinski definition) is 2. The Balaban J connectivity index is 3.23. The lowest BCUT2D eigenvalue weighted by atomic mass is 10.0. The minimum absolute atomic E-state index is 0.115. The molecule has 0 aliphatic rings. The van der Waals surface area contributed by atoms with Crippen molar-refractivity contribution in [2.45, 2.75) is 26.8 Å². The summed E-state index contributed by atoms with van der Waals surface area (Å²) in [6, 6.07) is 3.96. The van der Waals surface area contributed by atoms with E-state index in [0.29, 0.717) is 0 Å². The molecule has 0 bridgehead atoms. The minimum atomic E-state index is -0.115. The van der Waals surface area contributed by atoms with Crippen LogP contribution in [0.25, 0.3) is 0 Å². The van der Waals surface area contributed by atoms with Crippen LogP contribution in [0.1, 0.15) is 23.6 Å². The number of rotatable bonds is 1. The van der Waals surface area contributed by atoms with E-state index in [-0.39, 0.29) is 6.04 Å². The van der Waals surface area contributed by atoms with Crippen molar-refractivity contribution in [2.24, 2.45) is 5.73 Å². The molecule has 0 spiro atoms. The molecule has 1 atom stereocenters. The van der Waals surface area contributed by atoms with Crippen LogP contribution in [0.2, 0.25) is 0 Å². The molecular formula is C13H17NO. The second kappa shape index (κ2) is 4.86. The molecule has 2 N–H and O–H groups in total. The first-order valence-electron chi connectivity index (χ1n) is 4.97. The van der Waals surface area contributed by atoms with Crippen LogP contribution in [0.4, 0.5) is 0 Å². The lowest BCUT2D eigenvalue weighted by Crippen LogP contribution is -2.11. The Bertz CT molecular complexity index is 411. The van der Waals surface area contributed by atoms with Crippen LogP contribution < -0.4 is 10.5 Å². The van der Waals surface area contributed by atoms with Gasteiger partial charge in [0.2, 0.25) is 0 Å². The summed E-state index contributed by atoms with van der Waals surface area (Å²) in [5, 5.41) is 0. The molecule has 0 aliphatic carbocycles. The topological polar surface area (TPSA) is 35.2 Å². The van der Waals surface area contributed by atoms with Crippen molar-refractivity contribution in [2.75, 3.05) is 7.11 Å². The van der Waals surface area contributed by atoms with Gasteiger partial charge >= 0.3 is 0 Å². The summed E-state index contributed by atoms with van der Waals surface area (Å²) in [5.41, 5.74) is 8.83. The lowest BCUT2D eigenvalue weighted by Gasteiger charge is -2.07. The SMILES string of the molecule is COc1cc(C)cc(C)c1C#CC(C)N. The number of benzene rings is 1. The van der Waals surface area contributed by atoms with Crippen LogP contribution >= 0.6 is 0 Å². The van der Waals surface area contributed by atoms with Gasteiger partial charge in [-0.3, -0.25) is 0 Å². The van der Waals surface area contributed by atoms with Crippen LogP contribution in [0.15, 0.2) is 12.1 Å². The zero-order valence-corrected chi connectivity index (χ0v) is 9.72. The fraction of sp³-hybridized carbons (Fsp3) is 0.385. The minimum Gasteiger partial charge on any atom is -0.495 e. The third-order valence-electron chi connectivity index (χ3n) is 2.09. The highest BCUT2D eigenvalue weighted by Gasteiger charge is 2.04. The Morgan fingerprint density at radius 1 is 1.33 bits per heavy atom. The summed E-state index contributed by atoms with van der Waals surface area (Å²) >= 11 is 0. The molecule has 0 aromatic heterocycles. The van der Waals surface area contributed by atoms with Gasteiger partial charge < -0.3 is 10.5 Å². The fourth-order valence-electron chi connectivity index (χ4n) is 1.44. The lowest BCUT2D eigenvalue weighted by molar-refractivity contribution is 0.413. The van der Waals surface area contributed by atoms with Gasteiger partial charge in [-0.05, 0) is 38.0 Å². The van der Waals surface area contributed by atoms with Gasteiger partial charge in [0.05, 0.1) is 18.7 Å². The molecule has 2 nitrogen and oxygen atoms in total. The number of ether oxygens (including phenoxy) is 1. The first-order valence-corrected chi connectivity index (χ1v) is 4.97. The van der Waals surface area contributed by atoms with E-state index in [2.05, 4.69) is 17.9 Å². The van der Waals surface area contributed by atoms with Gasteiger partial charge in [-0.2, -0.15) is 0 Å². The zero-order valence-electron chi connectivity index (χ0n) is 9.72. The van der Waals surface area contributed by atoms with E-state index < -0.39 is 0 Å². The predicted molar refractivity (Wildman–Crippen MR) is 63.0 cm³/mol. The van der Waals surface area contributed by atoms with Gasteiger partial charge in [0.1, 0.15) is 5.75 Å². The van der Waals surface area contributed by atoms with Gasteiger partial charge in [0.25, 0.3) is 0 Å². The average molecular weight is 203 g/mol. The average Bonchev–Trinajstić information content (AvgIpc) is 2.14. The number of nitrogens with two attached hydrogens (primary N) is 1. The monoisotopic (exact) mass is 203 g/mol. The van der Waals surface area contributed by atoms with Gasteiger partial charge in [-0.1, -0.05) is 17.9 Å². The maximum atomic E-state index is 5.60. The summed E-state index contributed by atoms with van der Waals surface area (Å²) in [4.78, 5) is 0. The van der Waals surface area contributed by atoms with Crippen LogP contribution in [-0.2, 0) is 0 Å². The molecule has 1 aromatic carbocycles. The first kappa shape index (κ1) is 11.6. The third-order valence-corrected chi connectivity index (χ3v) is 2.09. The van der Waals surface area contributed by atoms with Crippen LogP contribution in [-0.4, -0.2) is 13.2 Å². The predicted octanol–water partition coefficient (Wildman–Crippen LogP) is 2.01. The molecular weight excluding hydrogens is 186 g/mol. The maximum Gasteiger partial charge on any atom is 0.135 e. The Hall–Kier alpha value is -1.46. The van der Waals surface area contributed by atoms with E-state index in [9.17, 15) is 0 Å². The summed E-state index contributed by atoms with van der Waals surface area (Å²) in [7, 11) is 1.66. The number of hydrogen-bond donors (Lipinski definition) is 1. The van der Waals surface area contributed by atoms with E-state index >= 15 is 0 Å². The zero-order chi connectivity index (χ0) is 11.4. The molecule has 2 heteroatoms. The molecule has 1 unspecified atom stereocenters. The second-order valence-corrected chi connectivity index (χ2v) is 3.72. The van der Waals surface area contributed by atoms with Crippen molar-refractivity contribution in [3.05, 3.63) is 28.8 Å². The summed E-state index contributed by atoms with van der Waals surface area (Å²) in [5.74, 6) is 6.82. The van der Waals surface area contributed by atoms with Crippen molar-refractivity contribution in [1.82, 2.24) is 0 Å². The third kappa shape index (κ3) is 3.00. The van der Waals surface area contributed by atoms with Crippen LogP contribution in [0.5, 0.6) is 5.75 Å².